The van der Waals surface area contributed by atoms with Crippen LogP contribution in [0.15, 0.2) is 53.4 Å². The van der Waals surface area contributed by atoms with Gasteiger partial charge in [0.2, 0.25) is 10.0 Å². The summed E-state index contributed by atoms with van der Waals surface area (Å²) in [6.07, 6.45) is 3.54. The molecule has 1 N–H and O–H groups in total. The molecule has 2 fully saturated rings. The summed E-state index contributed by atoms with van der Waals surface area (Å²) in [4.78, 5) is 17.3. The van der Waals surface area contributed by atoms with Crippen molar-refractivity contribution in [2.45, 2.75) is 42.6 Å². The lowest BCUT2D eigenvalue weighted by Crippen LogP contribution is -2.38. The molecular formula is C24H27N3O4S2. The standard InChI is InChI=1S/C24H27N3O4S2/c28-23(25-16-19-4-3-15-31-19)17-7-9-20(10-8-17)33(29,30)27-13-11-18(12-14-27)24-26-21-5-1-2-6-22(21)32-24/h1-2,5-10,18-19H,3-4,11-16H2,(H,25,28). The van der Waals surface area contributed by atoms with E-state index in [9.17, 15) is 13.2 Å². The molecule has 1 atom stereocenters. The first-order valence-corrected chi connectivity index (χ1v) is 13.6. The number of thiazole rings is 1. The highest BCUT2D eigenvalue weighted by Gasteiger charge is 2.31. The topological polar surface area (TPSA) is 88.6 Å². The zero-order valence-electron chi connectivity index (χ0n) is 18.3. The smallest absolute Gasteiger partial charge is 0.251 e. The van der Waals surface area contributed by atoms with Gasteiger partial charge in [-0.1, -0.05) is 12.1 Å². The fourth-order valence-electron chi connectivity index (χ4n) is 4.45. The zero-order chi connectivity index (χ0) is 22.8. The van der Waals surface area contributed by atoms with Gasteiger partial charge in [-0.3, -0.25) is 4.79 Å². The molecule has 3 heterocycles. The quantitative estimate of drug-likeness (QED) is 0.574. The lowest BCUT2D eigenvalue weighted by molar-refractivity contribution is 0.0857. The number of nitrogens with one attached hydrogen (secondary N) is 1. The molecule has 1 unspecified atom stereocenters. The van der Waals surface area contributed by atoms with Crippen molar-refractivity contribution in [2.24, 2.45) is 0 Å². The number of rotatable bonds is 6. The molecule has 0 aliphatic carbocycles. The summed E-state index contributed by atoms with van der Waals surface area (Å²) in [5.41, 5.74) is 1.45. The minimum absolute atomic E-state index is 0.0688. The second kappa shape index (κ2) is 9.50. The highest BCUT2D eigenvalue weighted by molar-refractivity contribution is 7.89. The summed E-state index contributed by atoms with van der Waals surface area (Å²) >= 11 is 1.70. The molecule has 1 aromatic heterocycles. The van der Waals surface area contributed by atoms with Gasteiger partial charge in [-0.05, 0) is 62.1 Å². The molecule has 0 bridgehead atoms. The number of benzene rings is 2. The van der Waals surface area contributed by atoms with Crippen LogP contribution in [0.4, 0.5) is 0 Å². The van der Waals surface area contributed by atoms with Gasteiger partial charge in [-0.2, -0.15) is 4.31 Å². The monoisotopic (exact) mass is 485 g/mol. The van der Waals surface area contributed by atoms with Crippen LogP contribution < -0.4 is 5.32 Å². The van der Waals surface area contributed by atoms with E-state index in [2.05, 4.69) is 11.4 Å². The summed E-state index contributed by atoms with van der Waals surface area (Å²) < 4.78 is 34.5. The Hall–Kier alpha value is -2.33. The number of nitrogens with zero attached hydrogens (tertiary/aromatic N) is 2. The first-order chi connectivity index (χ1) is 16.0. The second-order valence-electron chi connectivity index (χ2n) is 8.57. The maximum absolute atomic E-state index is 13.1. The third-order valence-corrected chi connectivity index (χ3v) is 9.49. The van der Waals surface area contributed by atoms with Gasteiger partial charge in [0.15, 0.2) is 0 Å². The number of carbonyl (C=O) groups excluding carboxylic acids is 1. The van der Waals surface area contributed by atoms with Crippen molar-refractivity contribution in [3.05, 3.63) is 59.1 Å². The Morgan fingerprint density at radius 3 is 2.55 bits per heavy atom. The zero-order valence-corrected chi connectivity index (χ0v) is 19.9. The Balaban J connectivity index is 1.20. The molecule has 2 aromatic carbocycles. The number of amides is 1. The Kier molecular flexibility index (Phi) is 6.47. The van der Waals surface area contributed by atoms with Gasteiger partial charge < -0.3 is 10.1 Å². The van der Waals surface area contributed by atoms with E-state index < -0.39 is 10.0 Å². The summed E-state index contributed by atoms with van der Waals surface area (Å²) in [6.45, 7) is 2.15. The van der Waals surface area contributed by atoms with Crippen LogP contribution >= 0.6 is 11.3 Å². The predicted molar refractivity (Wildman–Crippen MR) is 128 cm³/mol. The van der Waals surface area contributed by atoms with Gasteiger partial charge >= 0.3 is 0 Å². The van der Waals surface area contributed by atoms with E-state index in [1.807, 2.05) is 18.2 Å². The molecule has 0 radical (unpaired) electrons. The first-order valence-electron chi connectivity index (χ1n) is 11.4. The number of sulfonamides is 1. The number of carbonyl (C=O) groups is 1. The van der Waals surface area contributed by atoms with Gasteiger partial charge in [-0.25, -0.2) is 13.4 Å². The van der Waals surface area contributed by atoms with Gasteiger partial charge in [0.25, 0.3) is 5.91 Å². The number of piperidine rings is 1. The molecule has 1 amide bonds. The Morgan fingerprint density at radius 2 is 1.85 bits per heavy atom. The Morgan fingerprint density at radius 1 is 1.09 bits per heavy atom. The van der Waals surface area contributed by atoms with Crippen molar-refractivity contribution in [2.75, 3.05) is 26.2 Å². The molecule has 2 aliphatic rings. The predicted octanol–water partition coefficient (Wildman–Crippen LogP) is 3.77. The molecule has 174 valence electrons. The SMILES string of the molecule is O=C(NCC1CCCO1)c1ccc(S(=O)(=O)N2CCC(c3nc4ccccc4s3)CC2)cc1. The molecule has 5 rings (SSSR count). The molecule has 2 saturated heterocycles. The molecule has 33 heavy (non-hydrogen) atoms. The average molecular weight is 486 g/mol. The minimum Gasteiger partial charge on any atom is -0.376 e. The Labute approximate surface area is 197 Å². The van der Waals surface area contributed by atoms with Crippen LogP contribution in [0.1, 0.15) is 47.0 Å². The van der Waals surface area contributed by atoms with Crippen molar-refractivity contribution in [3.63, 3.8) is 0 Å². The largest absolute Gasteiger partial charge is 0.376 e. The number of aromatic nitrogens is 1. The number of fused-ring (bicyclic) bond motifs is 1. The van der Waals surface area contributed by atoms with E-state index >= 15 is 0 Å². The van der Waals surface area contributed by atoms with Gasteiger partial charge in [0.1, 0.15) is 0 Å². The molecule has 0 spiro atoms. The van der Waals surface area contributed by atoms with Crippen molar-refractivity contribution >= 4 is 37.5 Å². The van der Waals surface area contributed by atoms with Crippen molar-refractivity contribution in [1.82, 2.24) is 14.6 Å². The van der Waals surface area contributed by atoms with Crippen LogP contribution in [0.3, 0.4) is 0 Å². The van der Waals surface area contributed by atoms with Crippen LogP contribution in [0.2, 0.25) is 0 Å². The average Bonchev–Trinajstić information content (AvgIpc) is 3.52. The third kappa shape index (κ3) is 4.82. The van der Waals surface area contributed by atoms with Crippen LogP contribution in [-0.2, 0) is 14.8 Å². The van der Waals surface area contributed by atoms with Gasteiger partial charge in [0, 0.05) is 37.7 Å². The van der Waals surface area contributed by atoms with Crippen molar-refractivity contribution < 1.29 is 17.9 Å². The van der Waals surface area contributed by atoms with E-state index in [1.54, 1.807) is 27.8 Å². The lowest BCUT2D eigenvalue weighted by atomic mass is 9.99. The van der Waals surface area contributed by atoms with Gasteiger partial charge in [0.05, 0.1) is 26.2 Å². The van der Waals surface area contributed by atoms with Crippen LogP contribution in [0, 0.1) is 0 Å². The summed E-state index contributed by atoms with van der Waals surface area (Å²) in [5.74, 6) is 0.0647. The number of para-hydroxylation sites is 1. The summed E-state index contributed by atoms with van der Waals surface area (Å²) in [5, 5.41) is 3.95. The van der Waals surface area contributed by atoms with E-state index in [-0.39, 0.29) is 22.8 Å². The Bertz CT molecular complexity index is 1190. The summed E-state index contributed by atoms with van der Waals surface area (Å²) in [6, 6.07) is 14.3. The van der Waals surface area contributed by atoms with Crippen LogP contribution in [0.5, 0.6) is 0 Å². The van der Waals surface area contributed by atoms with E-state index in [0.29, 0.717) is 25.2 Å². The molecule has 0 saturated carbocycles. The molecule has 9 heteroatoms. The maximum atomic E-state index is 13.1. The van der Waals surface area contributed by atoms with Crippen molar-refractivity contribution in [1.29, 1.82) is 0 Å². The molecular weight excluding hydrogens is 458 g/mol. The second-order valence-corrected chi connectivity index (χ2v) is 11.6. The normalized spacial score (nSPS) is 20.3. The number of hydrogen-bond acceptors (Lipinski definition) is 6. The summed E-state index contributed by atoms with van der Waals surface area (Å²) in [7, 11) is -3.60. The van der Waals surface area contributed by atoms with Crippen LogP contribution in [-0.4, -0.2) is 56.0 Å². The minimum atomic E-state index is -3.60. The lowest BCUT2D eigenvalue weighted by Gasteiger charge is -2.30. The molecule has 2 aliphatic heterocycles. The van der Waals surface area contributed by atoms with Gasteiger partial charge in [-0.15, -0.1) is 11.3 Å². The number of ether oxygens (including phenoxy) is 1. The molecule has 7 nitrogen and oxygen atoms in total. The third-order valence-electron chi connectivity index (χ3n) is 6.38. The number of hydrogen-bond donors (Lipinski definition) is 1. The van der Waals surface area contributed by atoms with E-state index in [1.165, 1.54) is 16.8 Å². The highest BCUT2D eigenvalue weighted by Crippen LogP contribution is 2.35. The fraction of sp³-hybridized carbons (Fsp3) is 0.417. The van der Waals surface area contributed by atoms with E-state index in [4.69, 9.17) is 9.72 Å². The van der Waals surface area contributed by atoms with E-state index in [0.717, 1.165) is 42.8 Å². The van der Waals surface area contributed by atoms with Crippen LogP contribution in [0.25, 0.3) is 10.2 Å². The maximum Gasteiger partial charge on any atom is 0.251 e. The fourth-order valence-corrected chi connectivity index (χ4v) is 7.06. The first kappa shape index (κ1) is 22.5. The van der Waals surface area contributed by atoms with Crippen molar-refractivity contribution in [3.8, 4) is 0 Å². The molecule has 3 aromatic rings. The highest BCUT2D eigenvalue weighted by atomic mass is 32.2.